The zero-order chi connectivity index (χ0) is 14.5. The van der Waals surface area contributed by atoms with Crippen LogP contribution in [0.1, 0.15) is 24.5 Å². The van der Waals surface area contributed by atoms with Crippen molar-refractivity contribution in [2.45, 2.75) is 26.8 Å². The topological polar surface area (TPSA) is 12.0 Å². The zero-order valence-electron chi connectivity index (χ0n) is 11.8. The smallest absolute Gasteiger partial charge is 0.141 e. The highest BCUT2D eigenvalue weighted by Crippen LogP contribution is 2.28. The molecule has 0 spiro atoms. The molecule has 106 valence electrons. The highest BCUT2D eigenvalue weighted by Gasteiger charge is 2.08. The van der Waals surface area contributed by atoms with Crippen LogP contribution < -0.4 is 5.32 Å². The lowest BCUT2D eigenvalue weighted by Crippen LogP contribution is -2.14. The second-order valence-corrected chi connectivity index (χ2v) is 5.37. The van der Waals surface area contributed by atoms with Gasteiger partial charge in [0.15, 0.2) is 0 Å². The van der Waals surface area contributed by atoms with E-state index in [0.29, 0.717) is 0 Å². The van der Waals surface area contributed by atoms with Crippen molar-refractivity contribution in [2.75, 3.05) is 6.54 Å². The van der Waals surface area contributed by atoms with Crippen molar-refractivity contribution < 1.29 is 4.39 Å². The van der Waals surface area contributed by atoms with Crippen LogP contribution >= 0.6 is 11.6 Å². The third-order valence-electron chi connectivity index (χ3n) is 3.24. The number of aryl methyl sites for hydroxylation is 1. The molecule has 0 fully saturated rings. The van der Waals surface area contributed by atoms with Crippen LogP contribution in [0.3, 0.4) is 0 Å². The van der Waals surface area contributed by atoms with E-state index in [4.69, 9.17) is 11.6 Å². The minimum atomic E-state index is -0.381. The SMILES string of the molecule is CCCNCc1ccc(C)cc1-c1ccc(F)c(Cl)c1. The minimum absolute atomic E-state index is 0.163. The van der Waals surface area contributed by atoms with Gasteiger partial charge in [-0.2, -0.15) is 0 Å². The van der Waals surface area contributed by atoms with Gasteiger partial charge in [0.05, 0.1) is 5.02 Å². The van der Waals surface area contributed by atoms with Crippen LogP contribution in [0.25, 0.3) is 11.1 Å². The summed E-state index contributed by atoms with van der Waals surface area (Å²) in [5.41, 5.74) is 4.44. The molecule has 0 heterocycles. The van der Waals surface area contributed by atoms with E-state index >= 15 is 0 Å². The minimum Gasteiger partial charge on any atom is -0.313 e. The first-order valence-corrected chi connectivity index (χ1v) is 7.25. The van der Waals surface area contributed by atoms with Gasteiger partial charge in [-0.1, -0.05) is 48.4 Å². The van der Waals surface area contributed by atoms with Crippen LogP contribution in [0, 0.1) is 12.7 Å². The van der Waals surface area contributed by atoms with Crippen LogP contribution in [-0.2, 0) is 6.54 Å². The molecule has 0 unspecified atom stereocenters. The van der Waals surface area contributed by atoms with Gasteiger partial charge < -0.3 is 5.32 Å². The Hall–Kier alpha value is -1.38. The molecule has 0 atom stereocenters. The standard InChI is InChI=1S/C17H19ClFN/c1-3-8-20-11-14-5-4-12(2)9-15(14)13-6-7-17(19)16(18)10-13/h4-7,9-10,20H,3,8,11H2,1-2H3. The Morgan fingerprint density at radius 3 is 2.65 bits per heavy atom. The third kappa shape index (κ3) is 3.59. The Morgan fingerprint density at radius 1 is 1.15 bits per heavy atom. The summed E-state index contributed by atoms with van der Waals surface area (Å²) in [5.74, 6) is -0.381. The molecule has 0 aromatic heterocycles. The Morgan fingerprint density at radius 2 is 1.95 bits per heavy atom. The number of nitrogens with one attached hydrogen (secondary N) is 1. The largest absolute Gasteiger partial charge is 0.313 e. The van der Waals surface area contributed by atoms with E-state index in [1.54, 1.807) is 12.1 Å². The van der Waals surface area contributed by atoms with Gasteiger partial charge in [-0.05, 0) is 48.7 Å². The molecule has 0 aliphatic heterocycles. The molecule has 3 heteroatoms. The fraction of sp³-hybridized carbons (Fsp3) is 0.294. The van der Waals surface area contributed by atoms with Crippen LogP contribution in [0.15, 0.2) is 36.4 Å². The van der Waals surface area contributed by atoms with E-state index < -0.39 is 0 Å². The molecule has 0 aliphatic carbocycles. The molecule has 0 saturated heterocycles. The Labute approximate surface area is 124 Å². The molecule has 0 amide bonds. The molecule has 0 bridgehead atoms. The first-order chi connectivity index (χ1) is 9.61. The summed E-state index contributed by atoms with van der Waals surface area (Å²) in [6.45, 7) is 5.98. The number of hydrogen-bond acceptors (Lipinski definition) is 1. The van der Waals surface area contributed by atoms with Crippen molar-refractivity contribution in [1.82, 2.24) is 5.32 Å². The van der Waals surface area contributed by atoms with Gasteiger partial charge in [0.1, 0.15) is 5.82 Å². The summed E-state index contributed by atoms with van der Waals surface area (Å²) in [7, 11) is 0. The predicted octanol–water partition coefficient (Wildman–Crippen LogP) is 4.95. The van der Waals surface area contributed by atoms with Crippen molar-refractivity contribution in [3.63, 3.8) is 0 Å². The molecule has 2 aromatic carbocycles. The molecule has 20 heavy (non-hydrogen) atoms. The second-order valence-electron chi connectivity index (χ2n) is 4.97. The number of halogens is 2. The van der Waals surface area contributed by atoms with Gasteiger partial charge in [-0.25, -0.2) is 4.39 Å². The van der Waals surface area contributed by atoms with Gasteiger partial charge in [0.25, 0.3) is 0 Å². The lowest BCUT2D eigenvalue weighted by atomic mass is 9.97. The molecular formula is C17H19ClFN. The summed E-state index contributed by atoms with van der Waals surface area (Å²) in [5, 5.41) is 3.56. The van der Waals surface area contributed by atoms with Gasteiger partial charge in [-0.3, -0.25) is 0 Å². The molecular weight excluding hydrogens is 273 g/mol. The Bertz CT molecular complexity index is 596. The average Bonchev–Trinajstić information content (AvgIpc) is 2.44. The summed E-state index contributed by atoms with van der Waals surface area (Å²) in [4.78, 5) is 0. The molecule has 0 aliphatic rings. The van der Waals surface area contributed by atoms with Crippen LogP contribution in [0.5, 0.6) is 0 Å². The lowest BCUT2D eigenvalue weighted by Gasteiger charge is -2.12. The van der Waals surface area contributed by atoms with E-state index in [1.165, 1.54) is 17.2 Å². The first kappa shape index (κ1) is 15.0. The van der Waals surface area contributed by atoms with Crippen LogP contribution in [0.4, 0.5) is 4.39 Å². The Kier molecular flexibility index (Phi) is 5.16. The lowest BCUT2D eigenvalue weighted by molar-refractivity contribution is 0.628. The summed E-state index contributed by atoms with van der Waals surface area (Å²) < 4.78 is 13.3. The van der Waals surface area contributed by atoms with Crippen LogP contribution in [0.2, 0.25) is 5.02 Å². The summed E-state index contributed by atoms with van der Waals surface area (Å²) >= 11 is 5.89. The highest BCUT2D eigenvalue weighted by molar-refractivity contribution is 6.31. The van der Waals surface area contributed by atoms with Gasteiger partial charge in [0.2, 0.25) is 0 Å². The molecule has 1 nitrogen and oxygen atoms in total. The first-order valence-electron chi connectivity index (χ1n) is 6.87. The summed E-state index contributed by atoms with van der Waals surface area (Å²) in [6.07, 6.45) is 1.10. The zero-order valence-corrected chi connectivity index (χ0v) is 12.6. The third-order valence-corrected chi connectivity index (χ3v) is 3.53. The molecule has 2 aromatic rings. The van der Waals surface area contributed by atoms with Gasteiger partial charge >= 0.3 is 0 Å². The fourth-order valence-electron chi connectivity index (χ4n) is 2.18. The van der Waals surface area contributed by atoms with Crippen molar-refractivity contribution in [3.05, 3.63) is 58.4 Å². The monoisotopic (exact) mass is 291 g/mol. The second kappa shape index (κ2) is 6.87. The number of benzene rings is 2. The van der Waals surface area contributed by atoms with Gasteiger partial charge in [-0.15, -0.1) is 0 Å². The molecule has 2 rings (SSSR count). The van der Waals surface area contributed by atoms with Crippen molar-refractivity contribution in [3.8, 4) is 11.1 Å². The van der Waals surface area contributed by atoms with Crippen molar-refractivity contribution >= 4 is 11.6 Å². The number of rotatable bonds is 5. The molecule has 0 saturated carbocycles. The summed E-state index contributed by atoms with van der Waals surface area (Å²) in [6, 6.07) is 11.2. The van der Waals surface area contributed by atoms with E-state index in [1.807, 2.05) is 0 Å². The maximum atomic E-state index is 13.3. The number of hydrogen-bond donors (Lipinski definition) is 1. The maximum absolute atomic E-state index is 13.3. The normalized spacial score (nSPS) is 10.8. The van der Waals surface area contributed by atoms with E-state index in [-0.39, 0.29) is 10.8 Å². The molecule has 0 radical (unpaired) electrons. The quantitative estimate of drug-likeness (QED) is 0.768. The van der Waals surface area contributed by atoms with E-state index in [9.17, 15) is 4.39 Å². The molecule has 1 N–H and O–H groups in total. The average molecular weight is 292 g/mol. The van der Waals surface area contributed by atoms with E-state index in [0.717, 1.165) is 30.6 Å². The van der Waals surface area contributed by atoms with Gasteiger partial charge in [0, 0.05) is 6.54 Å². The van der Waals surface area contributed by atoms with Crippen molar-refractivity contribution in [1.29, 1.82) is 0 Å². The van der Waals surface area contributed by atoms with E-state index in [2.05, 4.69) is 37.4 Å². The van der Waals surface area contributed by atoms with Crippen molar-refractivity contribution in [2.24, 2.45) is 0 Å². The highest BCUT2D eigenvalue weighted by atomic mass is 35.5. The fourth-order valence-corrected chi connectivity index (χ4v) is 2.36. The Balaban J connectivity index is 2.37. The predicted molar refractivity (Wildman–Crippen MR) is 83.6 cm³/mol. The maximum Gasteiger partial charge on any atom is 0.141 e. The van der Waals surface area contributed by atoms with Crippen LogP contribution in [-0.4, -0.2) is 6.54 Å².